The SMILES string of the molecule is CC(C)COCP. The second-order valence-electron chi connectivity index (χ2n) is 1.93. The molecule has 1 unspecified atom stereocenters. The predicted molar refractivity (Wildman–Crippen MR) is 35.4 cm³/mol. The van der Waals surface area contributed by atoms with Crippen LogP contribution >= 0.6 is 9.24 Å². The van der Waals surface area contributed by atoms with Crippen LogP contribution in [0.15, 0.2) is 0 Å². The second-order valence-corrected chi connectivity index (χ2v) is 2.26. The highest BCUT2D eigenvalue weighted by Crippen LogP contribution is 1.93. The summed E-state index contributed by atoms with van der Waals surface area (Å²) in [6.07, 6.45) is 0.762. The maximum Gasteiger partial charge on any atom is 0.0602 e. The fraction of sp³-hybridized carbons (Fsp3) is 1.00. The number of hydrogen-bond acceptors (Lipinski definition) is 1. The van der Waals surface area contributed by atoms with E-state index in [1.165, 1.54) is 0 Å². The Labute approximate surface area is 47.6 Å². The van der Waals surface area contributed by atoms with Crippen LogP contribution in [0.3, 0.4) is 0 Å². The average molecular weight is 120 g/mol. The molecular formula is C5H13OP. The van der Waals surface area contributed by atoms with Gasteiger partial charge in [0.1, 0.15) is 0 Å². The predicted octanol–water partition coefficient (Wildman–Crippen LogP) is 1.49. The van der Waals surface area contributed by atoms with Crippen molar-refractivity contribution in [1.29, 1.82) is 0 Å². The lowest BCUT2D eigenvalue weighted by atomic mass is 10.2. The van der Waals surface area contributed by atoms with Crippen molar-refractivity contribution in [3.63, 3.8) is 0 Å². The van der Waals surface area contributed by atoms with Gasteiger partial charge in [-0.15, -0.1) is 9.24 Å². The lowest BCUT2D eigenvalue weighted by molar-refractivity contribution is 0.152. The van der Waals surface area contributed by atoms with Crippen molar-refractivity contribution in [2.45, 2.75) is 13.8 Å². The first kappa shape index (κ1) is 7.39. The fourth-order valence-electron chi connectivity index (χ4n) is 0.304. The molecule has 2 heteroatoms. The molecule has 0 spiro atoms. The van der Waals surface area contributed by atoms with Crippen LogP contribution in [0.1, 0.15) is 13.8 Å². The Hall–Kier alpha value is 0.390. The summed E-state index contributed by atoms with van der Waals surface area (Å²) in [4.78, 5) is 0. The molecule has 0 saturated carbocycles. The van der Waals surface area contributed by atoms with Crippen LogP contribution in [-0.4, -0.2) is 13.0 Å². The van der Waals surface area contributed by atoms with E-state index in [1.54, 1.807) is 0 Å². The van der Waals surface area contributed by atoms with Crippen LogP contribution in [0.5, 0.6) is 0 Å². The van der Waals surface area contributed by atoms with Crippen LogP contribution in [0.2, 0.25) is 0 Å². The van der Waals surface area contributed by atoms with E-state index in [2.05, 4.69) is 23.1 Å². The van der Waals surface area contributed by atoms with E-state index in [0.717, 1.165) is 13.0 Å². The zero-order valence-electron chi connectivity index (χ0n) is 4.98. The molecule has 0 radical (unpaired) electrons. The molecule has 0 amide bonds. The molecule has 0 aromatic rings. The molecule has 0 aromatic carbocycles. The quantitative estimate of drug-likeness (QED) is 0.513. The van der Waals surface area contributed by atoms with Gasteiger partial charge in [0.2, 0.25) is 0 Å². The highest BCUT2D eigenvalue weighted by atomic mass is 31.0. The van der Waals surface area contributed by atoms with Gasteiger partial charge < -0.3 is 4.74 Å². The lowest BCUT2D eigenvalue weighted by Crippen LogP contribution is -1.98. The van der Waals surface area contributed by atoms with Crippen molar-refractivity contribution < 1.29 is 4.74 Å². The van der Waals surface area contributed by atoms with Gasteiger partial charge in [-0.1, -0.05) is 13.8 Å². The van der Waals surface area contributed by atoms with Crippen LogP contribution in [0.25, 0.3) is 0 Å². The normalized spacial score (nSPS) is 10.3. The summed E-state index contributed by atoms with van der Waals surface area (Å²) in [6.45, 7) is 5.16. The van der Waals surface area contributed by atoms with E-state index in [4.69, 9.17) is 4.74 Å². The fourth-order valence-corrected chi connectivity index (χ4v) is 0.440. The third-order valence-electron chi connectivity index (χ3n) is 0.569. The molecule has 1 atom stereocenters. The molecule has 0 bridgehead atoms. The van der Waals surface area contributed by atoms with Crippen LogP contribution in [-0.2, 0) is 4.74 Å². The molecular weight excluding hydrogens is 107 g/mol. The van der Waals surface area contributed by atoms with Gasteiger partial charge in [0.15, 0.2) is 0 Å². The molecule has 0 aromatic heterocycles. The van der Waals surface area contributed by atoms with E-state index < -0.39 is 0 Å². The zero-order valence-corrected chi connectivity index (χ0v) is 6.13. The Morgan fingerprint density at radius 1 is 1.57 bits per heavy atom. The average Bonchev–Trinajstić information content (AvgIpc) is 1.61. The maximum atomic E-state index is 5.06. The van der Waals surface area contributed by atoms with Gasteiger partial charge in [-0.25, -0.2) is 0 Å². The van der Waals surface area contributed by atoms with E-state index in [0.29, 0.717) is 5.92 Å². The minimum atomic E-state index is 0.667. The summed E-state index contributed by atoms with van der Waals surface area (Å²) in [5.41, 5.74) is 0. The minimum absolute atomic E-state index is 0.667. The Bertz CT molecular complexity index is 37.1. The molecule has 1 nitrogen and oxygen atoms in total. The van der Waals surface area contributed by atoms with Gasteiger partial charge in [-0.2, -0.15) is 0 Å². The van der Waals surface area contributed by atoms with Crippen molar-refractivity contribution in [2.24, 2.45) is 5.92 Å². The van der Waals surface area contributed by atoms with Crippen molar-refractivity contribution >= 4 is 9.24 Å². The molecule has 44 valence electrons. The maximum absolute atomic E-state index is 5.06. The van der Waals surface area contributed by atoms with Crippen molar-refractivity contribution in [3.8, 4) is 0 Å². The largest absolute Gasteiger partial charge is 0.377 e. The summed E-state index contributed by atoms with van der Waals surface area (Å²) < 4.78 is 5.06. The summed E-state index contributed by atoms with van der Waals surface area (Å²) in [6, 6.07) is 0. The minimum Gasteiger partial charge on any atom is -0.377 e. The summed E-state index contributed by atoms with van der Waals surface area (Å²) in [7, 11) is 2.52. The van der Waals surface area contributed by atoms with Crippen LogP contribution < -0.4 is 0 Å². The second kappa shape index (κ2) is 4.55. The lowest BCUT2D eigenvalue weighted by Gasteiger charge is -2.01. The molecule has 0 saturated heterocycles. The van der Waals surface area contributed by atoms with Gasteiger partial charge in [0.05, 0.1) is 6.35 Å². The topological polar surface area (TPSA) is 9.23 Å². The molecule has 0 heterocycles. The molecule has 0 N–H and O–H groups in total. The monoisotopic (exact) mass is 120 g/mol. The molecule has 0 aliphatic rings. The van der Waals surface area contributed by atoms with Gasteiger partial charge in [-0.05, 0) is 5.92 Å². The van der Waals surface area contributed by atoms with E-state index in [-0.39, 0.29) is 0 Å². The smallest absolute Gasteiger partial charge is 0.0602 e. The Morgan fingerprint density at radius 3 is 2.29 bits per heavy atom. The van der Waals surface area contributed by atoms with E-state index >= 15 is 0 Å². The summed E-state index contributed by atoms with van der Waals surface area (Å²) in [5.74, 6) is 0.667. The van der Waals surface area contributed by atoms with Crippen LogP contribution in [0, 0.1) is 5.92 Å². The first-order valence-corrected chi connectivity index (χ1v) is 3.37. The number of rotatable bonds is 3. The summed E-state index contributed by atoms with van der Waals surface area (Å²) in [5, 5.41) is 0. The third-order valence-corrected chi connectivity index (χ3v) is 0.805. The first-order valence-electron chi connectivity index (χ1n) is 2.55. The Kier molecular flexibility index (Phi) is 4.80. The van der Waals surface area contributed by atoms with Crippen LogP contribution in [0.4, 0.5) is 0 Å². The van der Waals surface area contributed by atoms with Gasteiger partial charge in [0.25, 0.3) is 0 Å². The highest BCUT2D eigenvalue weighted by Gasteiger charge is 1.88. The highest BCUT2D eigenvalue weighted by molar-refractivity contribution is 7.16. The van der Waals surface area contributed by atoms with Gasteiger partial charge >= 0.3 is 0 Å². The summed E-state index contributed by atoms with van der Waals surface area (Å²) >= 11 is 0. The third kappa shape index (κ3) is 6.39. The van der Waals surface area contributed by atoms with Gasteiger partial charge in [-0.3, -0.25) is 0 Å². The molecule has 0 aliphatic heterocycles. The number of ether oxygens (including phenoxy) is 1. The molecule has 0 fully saturated rings. The molecule has 7 heavy (non-hydrogen) atoms. The molecule has 0 rings (SSSR count). The Morgan fingerprint density at radius 2 is 2.14 bits per heavy atom. The van der Waals surface area contributed by atoms with E-state index in [9.17, 15) is 0 Å². The molecule has 0 aliphatic carbocycles. The van der Waals surface area contributed by atoms with E-state index in [1.807, 2.05) is 0 Å². The first-order chi connectivity index (χ1) is 3.27. The van der Waals surface area contributed by atoms with Crippen molar-refractivity contribution in [3.05, 3.63) is 0 Å². The zero-order chi connectivity index (χ0) is 5.70. The number of hydrogen-bond donors (Lipinski definition) is 0. The van der Waals surface area contributed by atoms with Gasteiger partial charge in [0, 0.05) is 6.61 Å². The Balaban J connectivity index is 2.68. The standard InChI is InChI=1S/C5H13OP/c1-5(2)3-6-4-7/h5H,3-4,7H2,1-2H3. The van der Waals surface area contributed by atoms with Crippen molar-refractivity contribution in [1.82, 2.24) is 0 Å². The van der Waals surface area contributed by atoms with Crippen molar-refractivity contribution in [2.75, 3.05) is 13.0 Å².